The number of amides is 1. The molecule has 24 heavy (non-hydrogen) atoms. The second-order valence-electron chi connectivity index (χ2n) is 5.99. The number of carbonyl (C=O) groups excluding carboxylic acids is 1. The van der Waals surface area contributed by atoms with E-state index in [1.54, 1.807) is 0 Å². The van der Waals surface area contributed by atoms with Crippen molar-refractivity contribution in [3.63, 3.8) is 0 Å². The topological polar surface area (TPSA) is 29.1 Å². The molecule has 0 aromatic heterocycles. The molecule has 1 N–H and O–H groups in total. The van der Waals surface area contributed by atoms with Gasteiger partial charge >= 0.3 is 0 Å². The van der Waals surface area contributed by atoms with Gasteiger partial charge in [0.2, 0.25) is 5.91 Å². The van der Waals surface area contributed by atoms with Crippen molar-refractivity contribution in [3.8, 4) is 0 Å². The Bertz CT molecular complexity index is 204. The van der Waals surface area contributed by atoms with E-state index in [1.165, 1.54) is 70.6 Å². The fourth-order valence-electron chi connectivity index (χ4n) is 2.51. The molecule has 0 heterocycles. The third-order valence-corrected chi connectivity index (χ3v) is 3.83. The molecule has 0 rings (SSSR count). The van der Waals surface area contributed by atoms with Crippen LogP contribution >= 0.6 is 0 Å². The summed E-state index contributed by atoms with van der Waals surface area (Å²) >= 11 is 0. The van der Waals surface area contributed by atoms with E-state index in [2.05, 4.69) is 12.2 Å². The molecule has 0 bridgehead atoms. The predicted octanol–water partition coefficient (Wildman–Crippen LogP) is 7.66. The molecular formula is C22H49NO. The lowest BCUT2D eigenvalue weighted by Crippen LogP contribution is -2.23. The Balaban J connectivity index is -0.00000102. The first-order chi connectivity index (χ1) is 11.8. The fourth-order valence-corrected chi connectivity index (χ4v) is 2.51. The molecule has 0 radical (unpaired) electrons. The molecule has 0 fully saturated rings. The standard InChI is InChI=1S/C18H37NO.2C2H6/c1-3-5-6-7-8-9-10-11-12-13-14-15-17-19-18(20)16-4-2;2*1-2/h3-17H2,1-2H3,(H,19,20);2*1-2H3. The number of nitrogens with one attached hydrogen (secondary N) is 1. The molecule has 0 saturated carbocycles. The second-order valence-corrected chi connectivity index (χ2v) is 5.99. The predicted molar refractivity (Wildman–Crippen MR) is 112 cm³/mol. The molecule has 0 aliphatic rings. The molecule has 148 valence electrons. The van der Waals surface area contributed by atoms with E-state index in [-0.39, 0.29) is 5.91 Å². The molecule has 0 spiro atoms. The Labute approximate surface area is 154 Å². The highest BCUT2D eigenvalue weighted by atomic mass is 16.1. The van der Waals surface area contributed by atoms with Crippen LogP contribution in [0.3, 0.4) is 0 Å². The van der Waals surface area contributed by atoms with Gasteiger partial charge in [-0.15, -0.1) is 0 Å². The summed E-state index contributed by atoms with van der Waals surface area (Å²) in [4.78, 5) is 11.2. The zero-order valence-electron chi connectivity index (χ0n) is 18.0. The zero-order chi connectivity index (χ0) is 18.9. The molecule has 0 saturated heterocycles. The Kier molecular flexibility index (Phi) is 35.8. The van der Waals surface area contributed by atoms with E-state index in [0.717, 1.165) is 19.4 Å². The molecule has 0 aliphatic carbocycles. The van der Waals surface area contributed by atoms with Crippen molar-refractivity contribution < 1.29 is 4.79 Å². The van der Waals surface area contributed by atoms with Crippen LogP contribution in [0.15, 0.2) is 0 Å². The van der Waals surface area contributed by atoms with Crippen LogP contribution in [0.25, 0.3) is 0 Å². The van der Waals surface area contributed by atoms with Crippen LogP contribution in [0.2, 0.25) is 0 Å². The first-order valence-electron chi connectivity index (χ1n) is 11.1. The summed E-state index contributed by atoms with van der Waals surface area (Å²) in [7, 11) is 0. The number of hydrogen-bond donors (Lipinski definition) is 1. The van der Waals surface area contributed by atoms with Gasteiger partial charge in [0, 0.05) is 13.0 Å². The van der Waals surface area contributed by atoms with Crippen LogP contribution in [0.4, 0.5) is 0 Å². The quantitative estimate of drug-likeness (QED) is 0.304. The van der Waals surface area contributed by atoms with Crippen molar-refractivity contribution in [1.82, 2.24) is 5.32 Å². The van der Waals surface area contributed by atoms with Crippen molar-refractivity contribution in [1.29, 1.82) is 0 Å². The average Bonchev–Trinajstić information content (AvgIpc) is 2.62. The molecular weight excluding hydrogens is 294 g/mol. The summed E-state index contributed by atoms with van der Waals surface area (Å²) < 4.78 is 0. The monoisotopic (exact) mass is 343 g/mol. The zero-order valence-corrected chi connectivity index (χ0v) is 18.0. The van der Waals surface area contributed by atoms with Gasteiger partial charge in [0.1, 0.15) is 0 Å². The van der Waals surface area contributed by atoms with Gasteiger partial charge in [-0.05, 0) is 12.8 Å². The normalized spacial score (nSPS) is 9.42. The summed E-state index contributed by atoms with van der Waals surface area (Å²) in [5.74, 6) is 0.218. The van der Waals surface area contributed by atoms with Crippen molar-refractivity contribution in [2.24, 2.45) is 0 Å². The van der Waals surface area contributed by atoms with Crippen LogP contribution in [-0.2, 0) is 4.79 Å². The maximum Gasteiger partial charge on any atom is 0.219 e. The van der Waals surface area contributed by atoms with Gasteiger partial charge < -0.3 is 5.32 Å². The fraction of sp³-hybridized carbons (Fsp3) is 0.955. The van der Waals surface area contributed by atoms with Gasteiger partial charge in [-0.25, -0.2) is 0 Å². The van der Waals surface area contributed by atoms with E-state index < -0.39 is 0 Å². The van der Waals surface area contributed by atoms with Gasteiger partial charge in [-0.1, -0.05) is 112 Å². The van der Waals surface area contributed by atoms with E-state index in [0.29, 0.717) is 6.42 Å². The largest absolute Gasteiger partial charge is 0.356 e. The van der Waals surface area contributed by atoms with Crippen molar-refractivity contribution >= 4 is 5.91 Å². The van der Waals surface area contributed by atoms with Crippen LogP contribution in [-0.4, -0.2) is 12.5 Å². The minimum Gasteiger partial charge on any atom is -0.356 e. The number of unbranched alkanes of at least 4 members (excludes halogenated alkanes) is 11. The summed E-state index contributed by atoms with van der Waals surface area (Å²) in [6, 6.07) is 0. The number of carbonyl (C=O) groups is 1. The summed E-state index contributed by atoms with van der Waals surface area (Å²) in [6.07, 6.45) is 18.0. The molecule has 0 atom stereocenters. The minimum atomic E-state index is 0.218. The second kappa shape index (κ2) is 30.4. The van der Waals surface area contributed by atoms with Gasteiger partial charge in [-0.2, -0.15) is 0 Å². The molecule has 0 aromatic carbocycles. The summed E-state index contributed by atoms with van der Waals surface area (Å²) in [6.45, 7) is 13.2. The molecule has 2 nitrogen and oxygen atoms in total. The van der Waals surface area contributed by atoms with Gasteiger partial charge in [0.05, 0.1) is 0 Å². The molecule has 0 unspecified atom stereocenters. The van der Waals surface area contributed by atoms with Crippen LogP contribution in [0, 0.1) is 0 Å². The number of hydrogen-bond acceptors (Lipinski definition) is 1. The van der Waals surface area contributed by atoms with Crippen LogP contribution in [0.1, 0.15) is 131 Å². The van der Waals surface area contributed by atoms with E-state index >= 15 is 0 Å². The summed E-state index contributed by atoms with van der Waals surface area (Å²) in [5.41, 5.74) is 0. The van der Waals surface area contributed by atoms with E-state index in [1.807, 2.05) is 34.6 Å². The maximum atomic E-state index is 11.2. The highest BCUT2D eigenvalue weighted by Gasteiger charge is 1.97. The number of rotatable bonds is 15. The Hall–Kier alpha value is -0.530. The van der Waals surface area contributed by atoms with E-state index in [9.17, 15) is 4.79 Å². The van der Waals surface area contributed by atoms with E-state index in [4.69, 9.17) is 0 Å². The highest BCUT2D eigenvalue weighted by molar-refractivity contribution is 5.75. The molecule has 2 heteroatoms. The van der Waals surface area contributed by atoms with Crippen molar-refractivity contribution in [2.45, 2.75) is 131 Å². The Morgan fingerprint density at radius 1 is 0.583 bits per heavy atom. The van der Waals surface area contributed by atoms with Crippen LogP contribution in [0.5, 0.6) is 0 Å². The lowest BCUT2D eigenvalue weighted by atomic mass is 10.1. The average molecular weight is 344 g/mol. The lowest BCUT2D eigenvalue weighted by Gasteiger charge is -2.04. The van der Waals surface area contributed by atoms with Gasteiger partial charge in [-0.3, -0.25) is 4.79 Å². The Morgan fingerprint density at radius 2 is 0.958 bits per heavy atom. The first kappa shape index (κ1) is 28.3. The molecule has 1 amide bonds. The third kappa shape index (κ3) is 29.5. The minimum absolute atomic E-state index is 0.218. The van der Waals surface area contributed by atoms with Gasteiger partial charge in [0.25, 0.3) is 0 Å². The first-order valence-corrected chi connectivity index (χ1v) is 11.1. The highest BCUT2D eigenvalue weighted by Crippen LogP contribution is 2.11. The lowest BCUT2D eigenvalue weighted by molar-refractivity contribution is -0.121. The van der Waals surface area contributed by atoms with Gasteiger partial charge in [0.15, 0.2) is 0 Å². The smallest absolute Gasteiger partial charge is 0.219 e. The van der Waals surface area contributed by atoms with Crippen molar-refractivity contribution in [2.75, 3.05) is 6.54 Å². The Morgan fingerprint density at radius 3 is 1.33 bits per heavy atom. The molecule has 0 aromatic rings. The maximum absolute atomic E-state index is 11.2. The van der Waals surface area contributed by atoms with Crippen molar-refractivity contribution in [3.05, 3.63) is 0 Å². The van der Waals surface area contributed by atoms with Crippen LogP contribution < -0.4 is 5.32 Å². The SMILES string of the molecule is CC.CC.CCCCCCCCCCCCCCNC(=O)CCC. The third-order valence-electron chi connectivity index (χ3n) is 3.83. The summed E-state index contributed by atoms with van der Waals surface area (Å²) in [5, 5.41) is 2.98. The molecule has 0 aliphatic heterocycles.